The molecule has 0 aliphatic heterocycles. The zero-order valence-electron chi connectivity index (χ0n) is 10.6. The number of benzene rings is 2. The third kappa shape index (κ3) is 2.96. The van der Waals surface area contributed by atoms with Gasteiger partial charge in [-0.25, -0.2) is 18.0 Å². The lowest BCUT2D eigenvalue weighted by Crippen LogP contribution is -2.13. The Bertz CT molecular complexity index is 702. The van der Waals surface area contributed by atoms with E-state index in [1.807, 2.05) is 0 Å². The van der Waals surface area contributed by atoms with Crippen molar-refractivity contribution in [3.63, 3.8) is 0 Å². The minimum atomic E-state index is -2.32. The van der Waals surface area contributed by atoms with Crippen LogP contribution in [0.15, 0.2) is 24.3 Å². The molecule has 2 nitrogen and oxygen atoms in total. The lowest BCUT2D eigenvalue weighted by Gasteiger charge is -2.09. The number of carbonyl (C=O) groups is 1. The number of rotatable bonds is 3. The van der Waals surface area contributed by atoms with Crippen LogP contribution in [-0.4, -0.2) is 5.97 Å². The summed E-state index contributed by atoms with van der Waals surface area (Å²) in [6.45, 7) is 0. The van der Waals surface area contributed by atoms with E-state index in [-0.39, 0.29) is 5.56 Å². The van der Waals surface area contributed by atoms with Crippen LogP contribution in [-0.2, 0) is 5.33 Å². The summed E-state index contributed by atoms with van der Waals surface area (Å²) in [6, 6.07) is 5.66. The van der Waals surface area contributed by atoms with E-state index in [4.69, 9.17) is 0 Å². The Hall–Kier alpha value is -1.96. The molecular formula is C14H6BrF5O2. The smallest absolute Gasteiger partial charge is 0.343 e. The van der Waals surface area contributed by atoms with Gasteiger partial charge in [0.1, 0.15) is 0 Å². The molecule has 0 saturated carbocycles. The number of hydrogen-bond acceptors (Lipinski definition) is 2. The molecule has 0 saturated heterocycles. The van der Waals surface area contributed by atoms with E-state index in [9.17, 15) is 26.7 Å². The van der Waals surface area contributed by atoms with Crippen molar-refractivity contribution in [1.29, 1.82) is 0 Å². The predicted molar refractivity (Wildman–Crippen MR) is 70.3 cm³/mol. The molecule has 22 heavy (non-hydrogen) atoms. The standard InChI is InChI=1S/C14H6BrF5O2/c15-5-6-1-3-7(4-2-6)14(21)22-13-11(19)9(17)8(16)10(18)12(13)20/h1-4H,5H2. The minimum Gasteiger partial charge on any atom is -0.416 e. The Morgan fingerprint density at radius 2 is 1.32 bits per heavy atom. The summed E-state index contributed by atoms with van der Waals surface area (Å²) >= 11 is 3.18. The topological polar surface area (TPSA) is 26.3 Å². The summed E-state index contributed by atoms with van der Waals surface area (Å²) in [5.41, 5.74) is 0.710. The van der Waals surface area contributed by atoms with Crippen molar-refractivity contribution in [3.05, 3.63) is 64.5 Å². The third-order valence-corrected chi connectivity index (χ3v) is 3.36. The van der Waals surface area contributed by atoms with Gasteiger partial charge in [-0.3, -0.25) is 0 Å². The van der Waals surface area contributed by atoms with E-state index >= 15 is 0 Å². The molecule has 0 atom stereocenters. The highest BCUT2D eigenvalue weighted by Crippen LogP contribution is 2.29. The summed E-state index contributed by atoms with van der Waals surface area (Å²) < 4.78 is 70.0. The van der Waals surface area contributed by atoms with Crippen LogP contribution in [0.3, 0.4) is 0 Å². The third-order valence-electron chi connectivity index (χ3n) is 2.71. The lowest BCUT2D eigenvalue weighted by molar-refractivity contribution is 0.0716. The molecule has 2 rings (SSSR count). The van der Waals surface area contributed by atoms with Gasteiger partial charge in [-0.15, -0.1) is 0 Å². The second kappa shape index (κ2) is 6.43. The van der Waals surface area contributed by atoms with Gasteiger partial charge >= 0.3 is 5.97 Å². The molecule has 0 spiro atoms. The Kier molecular flexibility index (Phi) is 4.80. The van der Waals surface area contributed by atoms with Gasteiger partial charge in [0, 0.05) is 5.33 Å². The molecule has 116 valence electrons. The first-order chi connectivity index (χ1) is 10.4. The number of hydrogen-bond donors (Lipinski definition) is 0. The highest BCUT2D eigenvalue weighted by atomic mass is 79.9. The van der Waals surface area contributed by atoms with Crippen molar-refractivity contribution in [2.24, 2.45) is 0 Å². The van der Waals surface area contributed by atoms with Crippen LogP contribution in [0.2, 0.25) is 0 Å². The summed E-state index contributed by atoms with van der Waals surface area (Å²) in [6.07, 6.45) is 0. The molecule has 0 amide bonds. The maximum atomic E-state index is 13.4. The Morgan fingerprint density at radius 1 is 0.864 bits per heavy atom. The van der Waals surface area contributed by atoms with Crippen LogP contribution >= 0.6 is 15.9 Å². The summed E-state index contributed by atoms with van der Waals surface area (Å²) in [5.74, 6) is -14.0. The Morgan fingerprint density at radius 3 is 1.77 bits per heavy atom. The number of esters is 1. The molecule has 0 aliphatic rings. The van der Waals surface area contributed by atoms with E-state index in [1.165, 1.54) is 24.3 Å². The number of carbonyl (C=O) groups excluding carboxylic acids is 1. The molecule has 0 fully saturated rings. The first-order valence-electron chi connectivity index (χ1n) is 5.75. The second-order valence-electron chi connectivity index (χ2n) is 4.12. The van der Waals surface area contributed by atoms with Crippen molar-refractivity contribution in [2.45, 2.75) is 5.33 Å². The minimum absolute atomic E-state index is 0.103. The molecule has 8 heteroatoms. The molecule has 0 aromatic heterocycles. The van der Waals surface area contributed by atoms with E-state index in [1.54, 1.807) is 0 Å². The van der Waals surface area contributed by atoms with Gasteiger partial charge in [-0.05, 0) is 17.7 Å². The summed E-state index contributed by atoms with van der Waals surface area (Å²) in [5, 5.41) is 0.514. The number of halogens is 6. The van der Waals surface area contributed by atoms with Gasteiger partial charge < -0.3 is 4.74 Å². The molecule has 2 aromatic carbocycles. The van der Waals surface area contributed by atoms with Crippen molar-refractivity contribution < 1.29 is 31.5 Å². The highest BCUT2D eigenvalue weighted by Gasteiger charge is 2.28. The fraction of sp³-hybridized carbons (Fsp3) is 0.0714. The van der Waals surface area contributed by atoms with Crippen molar-refractivity contribution in [2.75, 3.05) is 0 Å². The van der Waals surface area contributed by atoms with Crippen LogP contribution in [0.5, 0.6) is 5.75 Å². The Balaban J connectivity index is 2.36. The van der Waals surface area contributed by atoms with Crippen LogP contribution in [0, 0.1) is 29.1 Å². The van der Waals surface area contributed by atoms with Crippen molar-refractivity contribution in [1.82, 2.24) is 0 Å². The Labute approximate surface area is 129 Å². The first kappa shape index (κ1) is 16.4. The normalized spacial score (nSPS) is 10.6. The predicted octanol–water partition coefficient (Wildman–Crippen LogP) is 4.50. The lowest BCUT2D eigenvalue weighted by atomic mass is 10.1. The first-order valence-corrected chi connectivity index (χ1v) is 6.87. The molecule has 0 heterocycles. The van der Waals surface area contributed by atoms with E-state index < -0.39 is 40.8 Å². The van der Waals surface area contributed by atoms with Crippen LogP contribution in [0.25, 0.3) is 0 Å². The SMILES string of the molecule is O=C(Oc1c(F)c(F)c(F)c(F)c1F)c1ccc(CBr)cc1. The molecule has 0 N–H and O–H groups in total. The molecule has 0 aliphatic carbocycles. The van der Waals surface area contributed by atoms with Gasteiger partial charge in [0.25, 0.3) is 0 Å². The maximum absolute atomic E-state index is 13.4. The van der Waals surface area contributed by atoms with E-state index in [2.05, 4.69) is 20.7 Å². The average molecular weight is 381 g/mol. The van der Waals surface area contributed by atoms with E-state index in [0.29, 0.717) is 5.33 Å². The van der Waals surface area contributed by atoms with Gasteiger partial charge in [0.15, 0.2) is 0 Å². The van der Waals surface area contributed by atoms with Crippen molar-refractivity contribution in [3.8, 4) is 5.75 Å². The van der Waals surface area contributed by atoms with Gasteiger partial charge in [0.2, 0.25) is 34.8 Å². The monoisotopic (exact) mass is 380 g/mol. The second-order valence-corrected chi connectivity index (χ2v) is 4.68. The van der Waals surface area contributed by atoms with E-state index in [0.717, 1.165) is 5.56 Å². The average Bonchev–Trinajstić information content (AvgIpc) is 2.55. The van der Waals surface area contributed by atoms with Crippen LogP contribution in [0.1, 0.15) is 15.9 Å². The van der Waals surface area contributed by atoms with Gasteiger partial charge in [0.05, 0.1) is 5.56 Å². The summed E-state index contributed by atoms with van der Waals surface area (Å²) in [7, 11) is 0. The fourth-order valence-corrected chi connectivity index (χ4v) is 1.93. The van der Waals surface area contributed by atoms with Crippen molar-refractivity contribution >= 4 is 21.9 Å². The largest absolute Gasteiger partial charge is 0.416 e. The van der Waals surface area contributed by atoms with Crippen LogP contribution < -0.4 is 4.74 Å². The molecular weight excluding hydrogens is 375 g/mol. The number of ether oxygens (including phenoxy) is 1. The van der Waals surface area contributed by atoms with Crippen LogP contribution in [0.4, 0.5) is 22.0 Å². The maximum Gasteiger partial charge on any atom is 0.343 e. The zero-order chi connectivity index (χ0) is 16.4. The quantitative estimate of drug-likeness (QED) is 0.196. The summed E-state index contributed by atoms with van der Waals surface area (Å²) in [4.78, 5) is 11.7. The highest BCUT2D eigenvalue weighted by molar-refractivity contribution is 9.08. The van der Waals surface area contributed by atoms with Gasteiger partial charge in [-0.1, -0.05) is 28.1 Å². The zero-order valence-corrected chi connectivity index (χ0v) is 12.2. The molecule has 0 bridgehead atoms. The fourth-order valence-electron chi connectivity index (χ4n) is 1.56. The number of alkyl halides is 1. The molecule has 0 unspecified atom stereocenters. The molecule has 2 aromatic rings. The van der Waals surface area contributed by atoms with Gasteiger partial charge in [-0.2, -0.15) is 8.78 Å². The molecule has 0 radical (unpaired) electrons.